The molecule has 2 heterocycles. The highest BCUT2D eigenvalue weighted by Crippen LogP contribution is 2.07. The van der Waals surface area contributed by atoms with Gasteiger partial charge in [-0.15, -0.1) is 0 Å². The summed E-state index contributed by atoms with van der Waals surface area (Å²) in [5.74, 6) is 1.11. The van der Waals surface area contributed by atoms with E-state index in [0.29, 0.717) is 6.04 Å². The summed E-state index contributed by atoms with van der Waals surface area (Å²) in [6.45, 7) is 2.16. The van der Waals surface area contributed by atoms with Crippen molar-refractivity contribution in [2.45, 2.75) is 19.4 Å². The van der Waals surface area contributed by atoms with Crippen molar-refractivity contribution in [2.24, 2.45) is 0 Å². The molecule has 2 aromatic heterocycles. The number of hydrogen-bond donors (Lipinski definition) is 1. The average Bonchev–Trinajstić information content (AvgIpc) is 2.62. The fraction of sp³-hybridized carbons (Fsp3) is 0.364. The lowest BCUT2D eigenvalue weighted by atomic mass is 10.2. The van der Waals surface area contributed by atoms with Crippen molar-refractivity contribution in [1.29, 1.82) is 0 Å². The van der Waals surface area contributed by atoms with Crippen molar-refractivity contribution >= 4 is 5.52 Å². The van der Waals surface area contributed by atoms with Crippen LogP contribution in [0.4, 0.5) is 0 Å². The van der Waals surface area contributed by atoms with Gasteiger partial charge in [-0.2, -0.15) is 0 Å². The number of likely N-dealkylation sites (N-methyl/N-ethyl adjacent to an activating group) is 1. The molecule has 1 atom stereocenters. The van der Waals surface area contributed by atoms with Crippen molar-refractivity contribution in [2.75, 3.05) is 7.05 Å². The SMILES string of the molecule is CNC(C)Cc1ncc2ccccn12. The van der Waals surface area contributed by atoms with Crippen LogP contribution in [0, 0.1) is 0 Å². The van der Waals surface area contributed by atoms with Crippen molar-refractivity contribution in [1.82, 2.24) is 14.7 Å². The van der Waals surface area contributed by atoms with Gasteiger partial charge in [0.1, 0.15) is 5.82 Å². The van der Waals surface area contributed by atoms with Gasteiger partial charge in [0.05, 0.1) is 11.7 Å². The van der Waals surface area contributed by atoms with E-state index in [4.69, 9.17) is 0 Å². The van der Waals surface area contributed by atoms with Crippen LogP contribution in [0.1, 0.15) is 12.7 Å². The summed E-state index contributed by atoms with van der Waals surface area (Å²) in [7, 11) is 1.97. The minimum atomic E-state index is 0.459. The maximum atomic E-state index is 4.41. The molecule has 0 saturated carbocycles. The average molecular weight is 189 g/mol. The summed E-state index contributed by atoms with van der Waals surface area (Å²) in [4.78, 5) is 4.41. The van der Waals surface area contributed by atoms with Crippen LogP contribution in [-0.2, 0) is 6.42 Å². The predicted molar refractivity (Wildman–Crippen MR) is 57.4 cm³/mol. The van der Waals surface area contributed by atoms with Gasteiger partial charge in [-0.3, -0.25) is 0 Å². The van der Waals surface area contributed by atoms with Gasteiger partial charge >= 0.3 is 0 Å². The Balaban J connectivity index is 2.33. The Morgan fingerprint density at radius 1 is 1.50 bits per heavy atom. The normalized spacial score (nSPS) is 13.3. The van der Waals surface area contributed by atoms with E-state index in [2.05, 4.69) is 33.9 Å². The Morgan fingerprint density at radius 2 is 2.36 bits per heavy atom. The zero-order chi connectivity index (χ0) is 9.97. The molecule has 0 bridgehead atoms. The maximum absolute atomic E-state index is 4.41. The monoisotopic (exact) mass is 189 g/mol. The first-order valence-electron chi connectivity index (χ1n) is 4.89. The molecule has 0 spiro atoms. The van der Waals surface area contributed by atoms with E-state index in [9.17, 15) is 0 Å². The molecule has 3 nitrogen and oxygen atoms in total. The topological polar surface area (TPSA) is 29.3 Å². The Kier molecular flexibility index (Phi) is 2.50. The van der Waals surface area contributed by atoms with E-state index in [-0.39, 0.29) is 0 Å². The van der Waals surface area contributed by atoms with Crippen LogP contribution < -0.4 is 5.32 Å². The smallest absolute Gasteiger partial charge is 0.114 e. The first-order valence-corrected chi connectivity index (χ1v) is 4.89. The summed E-state index contributed by atoms with van der Waals surface area (Å²) < 4.78 is 2.13. The van der Waals surface area contributed by atoms with Gasteiger partial charge in [0.25, 0.3) is 0 Å². The number of rotatable bonds is 3. The van der Waals surface area contributed by atoms with E-state index in [0.717, 1.165) is 17.8 Å². The van der Waals surface area contributed by atoms with Crippen LogP contribution in [-0.4, -0.2) is 22.5 Å². The molecule has 0 aliphatic rings. The Hall–Kier alpha value is -1.35. The van der Waals surface area contributed by atoms with Crippen LogP contribution in [0.2, 0.25) is 0 Å². The summed E-state index contributed by atoms with van der Waals surface area (Å²) in [5.41, 5.74) is 1.16. The van der Waals surface area contributed by atoms with Crippen molar-refractivity contribution < 1.29 is 0 Å². The number of imidazole rings is 1. The number of pyridine rings is 1. The third-order valence-corrected chi connectivity index (χ3v) is 2.50. The molecule has 0 aliphatic carbocycles. The van der Waals surface area contributed by atoms with E-state index in [1.165, 1.54) is 0 Å². The van der Waals surface area contributed by atoms with Gasteiger partial charge in [0, 0.05) is 18.7 Å². The van der Waals surface area contributed by atoms with Crippen LogP contribution in [0.5, 0.6) is 0 Å². The largest absolute Gasteiger partial charge is 0.317 e. The van der Waals surface area contributed by atoms with E-state index in [1.54, 1.807) is 0 Å². The van der Waals surface area contributed by atoms with E-state index >= 15 is 0 Å². The van der Waals surface area contributed by atoms with Gasteiger partial charge < -0.3 is 9.72 Å². The molecular formula is C11H15N3. The second-order valence-corrected chi connectivity index (χ2v) is 3.56. The molecule has 14 heavy (non-hydrogen) atoms. The predicted octanol–water partition coefficient (Wildman–Crippen LogP) is 1.48. The highest BCUT2D eigenvalue weighted by atomic mass is 15.0. The molecule has 2 rings (SSSR count). The lowest BCUT2D eigenvalue weighted by molar-refractivity contribution is 0.590. The fourth-order valence-electron chi connectivity index (χ4n) is 1.53. The first kappa shape index (κ1) is 9.21. The molecule has 0 saturated heterocycles. The number of fused-ring (bicyclic) bond motifs is 1. The molecule has 74 valence electrons. The lowest BCUT2D eigenvalue weighted by Crippen LogP contribution is -2.24. The minimum absolute atomic E-state index is 0.459. The molecule has 2 aromatic rings. The zero-order valence-corrected chi connectivity index (χ0v) is 8.57. The van der Waals surface area contributed by atoms with E-state index in [1.807, 2.05) is 25.4 Å². The van der Waals surface area contributed by atoms with Crippen LogP contribution in [0.25, 0.3) is 5.52 Å². The Labute approximate surface area is 83.8 Å². The fourth-order valence-corrected chi connectivity index (χ4v) is 1.53. The number of aromatic nitrogens is 2. The molecular weight excluding hydrogens is 174 g/mol. The number of hydrogen-bond acceptors (Lipinski definition) is 2. The lowest BCUT2D eigenvalue weighted by Gasteiger charge is -2.08. The molecule has 0 aromatic carbocycles. The van der Waals surface area contributed by atoms with Crippen LogP contribution in [0.3, 0.4) is 0 Å². The minimum Gasteiger partial charge on any atom is -0.317 e. The van der Waals surface area contributed by atoms with Gasteiger partial charge in [-0.05, 0) is 26.1 Å². The molecule has 1 N–H and O–H groups in total. The van der Waals surface area contributed by atoms with Gasteiger partial charge in [-0.1, -0.05) is 6.07 Å². The van der Waals surface area contributed by atoms with Crippen LogP contribution >= 0.6 is 0 Å². The molecule has 0 radical (unpaired) electrons. The number of nitrogens with one attached hydrogen (secondary N) is 1. The van der Waals surface area contributed by atoms with Crippen molar-refractivity contribution in [3.8, 4) is 0 Å². The van der Waals surface area contributed by atoms with E-state index < -0.39 is 0 Å². The standard InChI is InChI=1S/C11H15N3/c1-9(12-2)7-11-13-8-10-5-3-4-6-14(10)11/h3-6,8-9,12H,7H2,1-2H3. The second kappa shape index (κ2) is 3.80. The van der Waals surface area contributed by atoms with Gasteiger partial charge in [0.15, 0.2) is 0 Å². The summed E-state index contributed by atoms with van der Waals surface area (Å²) in [5, 5.41) is 3.21. The third-order valence-electron chi connectivity index (χ3n) is 2.50. The van der Waals surface area contributed by atoms with Crippen molar-refractivity contribution in [3.05, 3.63) is 36.4 Å². The van der Waals surface area contributed by atoms with Crippen molar-refractivity contribution in [3.63, 3.8) is 0 Å². The zero-order valence-electron chi connectivity index (χ0n) is 8.57. The highest BCUT2D eigenvalue weighted by molar-refractivity contribution is 5.45. The van der Waals surface area contributed by atoms with Gasteiger partial charge in [-0.25, -0.2) is 4.98 Å². The quantitative estimate of drug-likeness (QED) is 0.792. The maximum Gasteiger partial charge on any atom is 0.114 e. The summed E-state index contributed by atoms with van der Waals surface area (Å²) in [6.07, 6.45) is 4.92. The summed E-state index contributed by atoms with van der Waals surface area (Å²) in [6, 6.07) is 6.59. The molecule has 1 unspecified atom stereocenters. The molecule has 0 aliphatic heterocycles. The highest BCUT2D eigenvalue weighted by Gasteiger charge is 2.06. The molecule has 3 heteroatoms. The Bertz CT molecular complexity index is 419. The van der Waals surface area contributed by atoms with Gasteiger partial charge in [0.2, 0.25) is 0 Å². The third kappa shape index (κ3) is 1.63. The molecule has 0 fully saturated rings. The number of nitrogens with zero attached hydrogens (tertiary/aromatic N) is 2. The second-order valence-electron chi connectivity index (χ2n) is 3.56. The summed E-state index contributed by atoms with van der Waals surface area (Å²) >= 11 is 0. The van der Waals surface area contributed by atoms with Crippen LogP contribution in [0.15, 0.2) is 30.6 Å². The Morgan fingerprint density at radius 3 is 3.14 bits per heavy atom. The first-order chi connectivity index (χ1) is 6.81. The molecule has 0 amide bonds.